The Morgan fingerprint density at radius 1 is 0.972 bits per heavy atom. The van der Waals surface area contributed by atoms with Gasteiger partial charge in [0, 0.05) is 16.5 Å². The highest BCUT2D eigenvalue weighted by Crippen LogP contribution is 2.28. The fourth-order valence-electron chi connectivity index (χ4n) is 3.60. The van der Waals surface area contributed by atoms with Gasteiger partial charge in [-0.2, -0.15) is 0 Å². The first-order chi connectivity index (χ1) is 17.5. The fourth-order valence-corrected chi connectivity index (χ4v) is 4.33. The molecule has 180 valence electrons. The van der Waals surface area contributed by atoms with Crippen molar-refractivity contribution in [1.82, 2.24) is 15.0 Å². The highest BCUT2D eigenvalue weighted by molar-refractivity contribution is 7.14. The van der Waals surface area contributed by atoms with E-state index in [2.05, 4.69) is 20.3 Å². The van der Waals surface area contributed by atoms with Gasteiger partial charge in [0.2, 0.25) is 0 Å². The molecule has 3 aromatic carbocycles. The molecular formula is C27H22N4O4S. The largest absolute Gasteiger partial charge is 0.497 e. The third-order valence-corrected chi connectivity index (χ3v) is 6.28. The van der Waals surface area contributed by atoms with Crippen LogP contribution in [0.25, 0.3) is 33.7 Å². The van der Waals surface area contributed by atoms with Crippen molar-refractivity contribution in [2.45, 2.75) is 13.0 Å². The van der Waals surface area contributed by atoms with Crippen molar-refractivity contribution in [3.63, 3.8) is 0 Å². The van der Waals surface area contributed by atoms with Crippen LogP contribution in [0.5, 0.6) is 5.75 Å². The molecule has 5 rings (SSSR count). The van der Waals surface area contributed by atoms with E-state index in [1.165, 1.54) is 18.3 Å². The van der Waals surface area contributed by atoms with Crippen LogP contribution in [-0.4, -0.2) is 40.0 Å². The average Bonchev–Trinajstić information content (AvgIpc) is 3.56. The lowest BCUT2D eigenvalue weighted by atomic mass is 10.2. The predicted molar refractivity (Wildman–Crippen MR) is 139 cm³/mol. The SMILES string of the molecule is COc1cccc(-c2csc(NC(=O)C(C)OC(=O)c3ccc4nc(-c5ccccc5)[nH]c4c3)n2)c1. The number of H-pyrrole nitrogens is 1. The van der Waals surface area contributed by atoms with Crippen LogP contribution in [0.1, 0.15) is 17.3 Å². The van der Waals surface area contributed by atoms with E-state index in [0.29, 0.717) is 27.7 Å². The molecule has 1 amide bonds. The second kappa shape index (κ2) is 10.0. The van der Waals surface area contributed by atoms with Crippen LogP contribution in [0.15, 0.2) is 78.2 Å². The lowest BCUT2D eigenvalue weighted by Crippen LogP contribution is -2.29. The number of carbonyl (C=O) groups excluding carboxylic acids is 2. The Balaban J connectivity index is 1.24. The van der Waals surface area contributed by atoms with E-state index in [1.54, 1.807) is 25.3 Å². The molecule has 5 aromatic rings. The summed E-state index contributed by atoms with van der Waals surface area (Å²) < 4.78 is 10.7. The van der Waals surface area contributed by atoms with Gasteiger partial charge in [-0.05, 0) is 37.3 Å². The van der Waals surface area contributed by atoms with Crippen LogP contribution in [0, 0.1) is 0 Å². The second-order valence-corrected chi connectivity index (χ2v) is 8.85. The van der Waals surface area contributed by atoms with Crippen molar-refractivity contribution in [1.29, 1.82) is 0 Å². The van der Waals surface area contributed by atoms with E-state index in [4.69, 9.17) is 9.47 Å². The number of imidazole rings is 1. The number of fused-ring (bicyclic) bond motifs is 1. The van der Waals surface area contributed by atoms with Gasteiger partial charge in [-0.15, -0.1) is 11.3 Å². The molecule has 36 heavy (non-hydrogen) atoms. The first-order valence-corrected chi connectivity index (χ1v) is 12.0. The summed E-state index contributed by atoms with van der Waals surface area (Å²) in [6.07, 6.45) is -1.01. The standard InChI is InChI=1S/C27H22N4O4S/c1-16(25(32)31-27-30-23(15-36-27)18-9-6-10-20(13-18)34-2)35-26(33)19-11-12-21-22(14-19)29-24(28-21)17-7-4-3-5-8-17/h3-16H,1-2H3,(H,28,29)(H,30,31,32). The number of aromatic nitrogens is 3. The normalized spacial score (nSPS) is 11.7. The Hall–Kier alpha value is -4.50. The molecule has 0 radical (unpaired) electrons. The van der Waals surface area contributed by atoms with Gasteiger partial charge in [0.05, 0.1) is 29.4 Å². The summed E-state index contributed by atoms with van der Waals surface area (Å²) in [5.74, 6) is 0.354. The van der Waals surface area contributed by atoms with Gasteiger partial charge < -0.3 is 14.5 Å². The third-order valence-electron chi connectivity index (χ3n) is 5.52. The molecule has 0 aliphatic carbocycles. The second-order valence-electron chi connectivity index (χ2n) is 7.99. The minimum atomic E-state index is -1.01. The number of benzene rings is 3. The summed E-state index contributed by atoms with van der Waals surface area (Å²) in [6.45, 7) is 1.52. The number of hydrogen-bond donors (Lipinski definition) is 2. The first kappa shape index (κ1) is 23.3. The molecule has 1 unspecified atom stereocenters. The lowest BCUT2D eigenvalue weighted by molar-refractivity contribution is -0.123. The maximum atomic E-state index is 12.7. The Bertz CT molecular complexity index is 1540. The van der Waals surface area contributed by atoms with Crippen molar-refractivity contribution in [3.8, 4) is 28.4 Å². The van der Waals surface area contributed by atoms with E-state index < -0.39 is 18.0 Å². The van der Waals surface area contributed by atoms with Crippen LogP contribution in [-0.2, 0) is 9.53 Å². The van der Waals surface area contributed by atoms with Gasteiger partial charge in [-0.3, -0.25) is 10.1 Å². The molecule has 0 aliphatic heterocycles. The van der Waals surface area contributed by atoms with E-state index in [1.807, 2.05) is 60.0 Å². The molecule has 0 saturated heterocycles. The zero-order valence-corrected chi connectivity index (χ0v) is 20.3. The smallest absolute Gasteiger partial charge is 0.338 e. The molecule has 9 heteroatoms. The summed E-state index contributed by atoms with van der Waals surface area (Å²) in [5.41, 5.74) is 4.27. The van der Waals surface area contributed by atoms with Crippen molar-refractivity contribution >= 4 is 39.4 Å². The van der Waals surface area contributed by atoms with Gasteiger partial charge in [-0.25, -0.2) is 14.8 Å². The Morgan fingerprint density at radius 2 is 1.78 bits per heavy atom. The topological polar surface area (TPSA) is 106 Å². The quantitative estimate of drug-likeness (QED) is 0.285. The molecule has 0 aliphatic rings. The highest BCUT2D eigenvalue weighted by atomic mass is 32.1. The Kier molecular flexibility index (Phi) is 6.46. The van der Waals surface area contributed by atoms with Crippen molar-refractivity contribution in [2.24, 2.45) is 0 Å². The molecule has 8 nitrogen and oxygen atoms in total. The van der Waals surface area contributed by atoms with E-state index in [0.717, 1.165) is 22.4 Å². The molecule has 0 spiro atoms. The van der Waals surface area contributed by atoms with Gasteiger partial charge in [-0.1, -0.05) is 42.5 Å². The van der Waals surface area contributed by atoms with E-state index >= 15 is 0 Å². The van der Waals surface area contributed by atoms with Crippen molar-refractivity contribution in [2.75, 3.05) is 12.4 Å². The lowest BCUT2D eigenvalue weighted by Gasteiger charge is -2.12. The van der Waals surface area contributed by atoms with Gasteiger partial charge >= 0.3 is 5.97 Å². The molecule has 1 atom stereocenters. The number of ether oxygens (including phenoxy) is 2. The van der Waals surface area contributed by atoms with Crippen LogP contribution in [0.3, 0.4) is 0 Å². The summed E-state index contributed by atoms with van der Waals surface area (Å²) in [4.78, 5) is 37.6. The summed E-state index contributed by atoms with van der Waals surface area (Å²) >= 11 is 1.29. The number of amides is 1. The summed E-state index contributed by atoms with van der Waals surface area (Å²) in [7, 11) is 1.60. The molecular weight excluding hydrogens is 476 g/mol. The molecule has 2 heterocycles. The third kappa shape index (κ3) is 4.96. The minimum absolute atomic E-state index is 0.319. The van der Waals surface area contributed by atoms with Crippen molar-refractivity contribution in [3.05, 3.63) is 83.7 Å². The number of aromatic amines is 1. The molecule has 0 fully saturated rings. The van der Waals surface area contributed by atoms with Crippen LogP contribution < -0.4 is 10.1 Å². The summed E-state index contributed by atoms with van der Waals surface area (Å²) in [5, 5.41) is 4.96. The predicted octanol–water partition coefficient (Wildman–Crippen LogP) is 5.55. The zero-order chi connectivity index (χ0) is 25.1. The maximum absolute atomic E-state index is 12.7. The van der Waals surface area contributed by atoms with Crippen molar-refractivity contribution < 1.29 is 19.1 Å². The van der Waals surface area contributed by atoms with Crippen LogP contribution in [0.2, 0.25) is 0 Å². The highest BCUT2D eigenvalue weighted by Gasteiger charge is 2.21. The number of anilines is 1. The molecule has 0 bridgehead atoms. The number of hydrogen-bond acceptors (Lipinski definition) is 7. The Labute approximate surface area is 210 Å². The molecule has 2 N–H and O–H groups in total. The maximum Gasteiger partial charge on any atom is 0.338 e. The number of rotatable bonds is 7. The van der Waals surface area contributed by atoms with E-state index in [-0.39, 0.29) is 0 Å². The Morgan fingerprint density at radius 3 is 2.58 bits per heavy atom. The number of thiazole rings is 1. The molecule has 2 aromatic heterocycles. The average molecular weight is 499 g/mol. The molecule has 0 saturated carbocycles. The zero-order valence-electron chi connectivity index (χ0n) is 19.5. The monoisotopic (exact) mass is 498 g/mol. The fraction of sp³-hybridized carbons (Fsp3) is 0.111. The number of esters is 1. The van der Waals surface area contributed by atoms with Gasteiger partial charge in [0.1, 0.15) is 11.6 Å². The van der Waals surface area contributed by atoms with Crippen LogP contribution >= 0.6 is 11.3 Å². The number of nitrogens with one attached hydrogen (secondary N) is 2. The number of nitrogens with zero attached hydrogens (tertiary/aromatic N) is 2. The van der Waals surface area contributed by atoms with Gasteiger partial charge in [0.15, 0.2) is 11.2 Å². The van der Waals surface area contributed by atoms with Crippen LogP contribution in [0.4, 0.5) is 5.13 Å². The van der Waals surface area contributed by atoms with Gasteiger partial charge in [0.25, 0.3) is 5.91 Å². The summed E-state index contributed by atoms with van der Waals surface area (Å²) in [6, 6.07) is 22.3. The van der Waals surface area contributed by atoms with E-state index in [9.17, 15) is 9.59 Å². The number of carbonyl (C=O) groups is 2. The number of methoxy groups -OCH3 is 1. The minimum Gasteiger partial charge on any atom is -0.497 e. The first-order valence-electron chi connectivity index (χ1n) is 11.2.